The average molecular weight is 327 g/mol. The fourth-order valence-corrected chi connectivity index (χ4v) is 2.27. The number of methoxy groups -OCH3 is 1. The van der Waals surface area contributed by atoms with Crippen LogP contribution in [0.5, 0.6) is 5.75 Å². The molecule has 0 unspecified atom stereocenters. The summed E-state index contributed by atoms with van der Waals surface area (Å²) in [6.45, 7) is 4.21. The standard InChI is InChI=1S/C19H21NO4/c1-4-12-24-19(22)14-8-10-15(11-9-14)20-18(21)16-7-5-6-13(2)17(16)23-3/h5-11H,4,12H2,1-3H3,(H,20,21). The maximum absolute atomic E-state index is 12.4. The molecule has 0 radical (unpaired) electrons. The highest BCUT2D eigenvalue weighted by Gasteiger charge is 2.14. The van der Waals surface area contributed by atoms with Gasteiger partial charge in [-0.1, -0.05) is 19.1 Å². The van der Waals surface area contributed by atoms with Crippen molar-refractivity contribution in [1.29, 1.82) is 0 Å². The lowest BCUT2D eigenvalue weighted by molar-refractivity contribution is 0.0505. The van der Waals surface area contributed by atoms with E-state index in [4.69, 9.17) is 9.47 Å². The molecule has 0 aromatic heterocycles. The van der Waals surface area contributed by atoms with Gasteiger partial charge in [0.05, 0.1) is 24.8 Å². The quantitative estimate of drug-likeness (QED) is 0.819. The number of esters is 1. The maximum atomic E-state index is 12.4. The third-order valence-corrected chi connectivity index (χ3v) is 3.48. The molecule has 0 saturated carbocycles. The highest BCUT2D eigenvalue weighted by atomic mass is 16.5. The number of carbonyl (C=O) groups excluding carboxylic acids is 2. The minimum Gasteiger partial charge on any atom is -0.496 e. The Morgan fingerprint density at radius 1 is 1.08 bits per heavy atom. The highest BCUT2D eigenvalue weighted by Crippen LogP contribution is 2.24. The Labute approximate surface area is 141 Å². The molecule has 0 heterocycles. The molecule has 0 aliphatic heterocycles. The molecule has 0 aliphatic rings. The monoisotopic (exact) mass is 327 g/mol. The van der Waals surface area contributed by atoms with Gasteiger partial charge in [-0.05, 0) is 49.2 Å². The van der Waals surface area contributed by atoms with Gasteiger partial charge in [0.15, 0.2) is 0 Å². The van der Waals surface area contributed by atoms with Crippen molar-refractivity contribution in [3.8, 4) is 5.75 Å². The molecule has 5 nitrogen and oxygen atoms in total. The van der Waals surface area contributed by atoms with E-state index in [2.05, 4.69) is 5.32 Å². The molecule has 126 valence electrons. The van der Waals surface area contributed by atoms with E-state index < -0.39 is 0 Å². The van der Waals surface area contributed by atoms with Crippen molar-refractivity contribution in [1.82, 2.24) is 0 Å². The number of anilines is 1. The van der Waals surface area contributed by atoms with Crippen LogP contribution in [0.15, 0.2) is 42.5 Å². The summed E-state index contributed by atoms with van der Waals surface area (Å²) >= 11 is 0. The van der Waals surface area contributed by atoms with E-state index in [9.17, 15) is 9.59 Å². The first-order valence-corrected chi connectivity index (χ1v) is 7.79. The van der Waals surface area contributed by atoms with E-state index in [-0.39, 0.29) is 11.9 Å². The van der Waals surface area contributed by atoms with Crippen molar-refractivity contribution in [2.75, 3.05) is 19.0 Å². The molecule has 0 atom stereocenters. The summed E-state index contributed by atoms with van der Waals surface area (Å²) in [6.07, 6.45) is 0.776. The Morgan fingerprint density at radius 3 is 2.42 bits per heavy atom. The lowest BCUT2D eigenvalue weighted by Crippen LogP contribution is -2.14. The lowest BCUT2D eigenvalue weighted by atomic mass is 10.1. The number of ether oxygens (including phenoxy) is 2. The van der Waals surface area contributed by atoms with Crippen molar-refractivity contribution in [3.63, 3.8) is 0 Å². The zero-order valence-electron chi connectivity index (χ0n) is 14.1. The van der Waals surface area contributed by atoms with Gasteiger partial charge < -0.3 is 14.8 Å². The number of aryl methyl sites for hydroxylation is 1. The number of hydrogen-bond donors (Lipinski definition) is 1. The summed E-state index contributed by atoms with van der Waals surface area (Å²) in [5.41, 5.74) is 2.40. The van der Waals surface area contributed by atoms with Gasteiger partial charge in [-0.15, -0.1) is 0 Å². The van der Waals surface area contributed by atoms with Crippen molar-refractivity contribution in [2.45, 2.75) is 20.3 Å². The van der Waals surface area contributed by atoms with E-state index in [0.29, 0.717) is 29.2 Å². The molecule has 2 rings (SSSR count). The van der Waals surface area contributed by atoms with Crippen LogP contribution in [0.3, 0.4) is 0 Å². The Kier molecular flexibility index (Phi) is 5.95. The molecule has 0 aliphatic carbocycles. The number of hydrogen-bond acceptors (Lipinski definition) is 4. The van der Waals surface area contributed by atoms with E-state index >= 15 is 0 Å². The summed E-state index contributed by atoms with van der Waals surface area (Å²) in [5, 5.41) is 2.80. The summed E-state index contributed by atoms with van der Waals surface area (Å²) in [5.74, 6) is -0.0818. The van der Waals surface area contributed by atoms with Gasteiger partial charge in [0.25, 0.3) is 5.91 Å². The maximum Gasteiger partial charge on any atom is 0.338 e. The predicted octanol–water partition coefficient (Wildman–Crippen LogP) is 3.82. The number of para-hydroxylation sites is 1. The van der Waals surface area contributed by atoms with Crippen LogP contribution >= 0.6 is 0 Å². The molecule has 0 saturated heterocycles. The SMILES string of the molecule is CCCOC(=O)c1ccc(NC(=O)c2cccc(C)c2OC)cc1. The van der Waals surface area contributed by atoms with Crippen LogP contribution in [0.1, 0.15) is 39.6 Å². The number of amides is 1. The molecule has 2 aromatic rings. The van der Waals surface area contributed by atoms with Gasteiger partial charge in [0.1, 0.15) is 5.75 Å². The molecule has 24 heavy (non-hydrogen) atoms. The van der Waals surface area contributed by atoms with Crippen molar-refractivity contribution in [3.05, 3.63) is 59.2 Å². The number of benzene rings is 2. The summed E-state index contributed by atoms with van der Waals surface area (Å²) in [7, 11) is 1.54. The molecule has 5 heteroatoms. The normalized spacial score (nSPS) is 10.1. The Balaban J connectivity index is 2.10. The molecular formula is C19H21NO4. The minimum absolute atomic E-state index is 0.267. The third-order valence-electron chi connectivity index (χ3n) is 3.48. The molecule has 1 amide bonds. The molecule has 0 spiro atoms. The second-order valence-corrected chi connectivity index (χ2v) is 5.32. The second-order valence-electron chi connectivity index (χ2n) is 5.32. The van der Waals surface area contributed by atoms with Crippen molar-refractivity contribution in [2.24, 2.45) is 0 Å². The topological polar surface area (TPSA) is 64.6 Å². The van der Waals surface area contributed by atoms with Crippen LogP contribution in [-0.2, 0) is 4.74 Å². The van der Waals surface area contributed by atoms with Crippen LogP contribution in [0.2, 0.25) is 0 Å². The van der Waals surface area contributed by atoms with E-state index in [0.717, 1.165) is 12.0 Å². The first kappa shape index (κ1) is 17.5. The van der Waals surface area contributed by atoms with Crippen molar-refractivity contribution >= 4 is 17.6 Å². The molecule has 0 bridgehead atoms. The van der Waals surface area contributed by atoms with E-state index in [1.165, 1.54) is 7.11 Å². The Hall–Kier alpha value is -2.82. The fourth-order valence-electron chi connectivity index (χ4n) is 2.27. The van der Waals surface area contributed by atoms with Crippen LogP contribution in [0, 0.1) is 6.92 Å². The van der Waals surface area contributed by atoms with Crippen LogP contribution < -0.4 is 10.1 Å². The Morgan fingerprint density at radius 2 is 1.79 bits per heavy atom. The zero-order chi connectivity index (χ0) is 17.5. The summed E-state index contributed by atoms with van der Waals surface area (Å²) < 4.78 is 10.4. The van der Waals surface area contributed by atoms with Gasteiger partial charge in [0.2, 0.25) is 0 Å². The van der Waals surface area contributed by atoms with Crippen LogP contribution in [0.25, 0.3) is 0 Å². The van der Waals surface area contributed by atoms with Gasteiger partial charge in [0, 0.05) is 5.69 Å². The van der Waals surface area contributed by atoms with Crippen LogP contribution in [0.4, 0.5) is 5.69 Å². The molecular weight excluding hydrogens is 306 g/mol. The van der Waals surface area contributed by atoms with Gasteiger partial charge in [-0.2, -0.15) is 0 Å². The minimum atomic E-state index is -0.366. The number of rotatable bonds is 6. The number of carbonyl (C=O) groups is 2. The number of nitrogens with one attached hydrogen (secondary N) is 1. The molecule has 2 aromatic carbocycles. The smallest absolute Gasteiger partial charge is 0.338 e. The first-order valence-electron chi connectivity index (χ1n) is 7.79. The van der Waals surface area contributed by atoms with Gasteiger partial charge in [-0.25, -0.2) is 4.79 Å². The fraction of sp³-hybridized carbons (Fsp3) is 0.263. The highest BCUT2D eigenvalue weighted by molar-refractivity contribution is 6.06. The largest absolute Gasteiger partial charge is 0.496 e. The molecule has 0 fully saturated rings. The van der Waals surface area contributed by atoms with E-state index in [1.807, 2.05) is 19.9 Å². The van der Waals surface area contributed by atoms with Crippen LogP contribution in [-0.4, -0.2) is 25.6 Å². The average Bonchev–Trinajstić information content (AvgIpc) is 2.60. The van der Waals surface area contributed by atoms with Gasteiger partial charge in [-0.3, -0.25) is 4.79 Å². The summed E-state index contributed by atoms with van der Waals surface area (Å²) in [6, 6.07) is 12.0. The van der Waals surface area contributed by atoms with Gasteiger partial charge >= 0.3 is 5.97 Å². The first-order chi connectivity index (χ1) is 11.6. The summed E-state index contributed by atoms with van der Waals surface area (Å²) in [4.78, 5) is 24.2. The third kappa shape index (κ3) is 4.13. The molecule has 1 N–H and O–H groups in total. The lowest BCUT2D eigenvalue weighted by Gasteiger charge is -2.11. The predicted molar refractivity (Wildman–Crippen MR) is 92.7 cm³/mol. The van der Waals surface area contributed by atoms with Crippen molar-refractivity contribution < 1.29 is 19.1 Å². The zero-order valence-corrected chi connectivity index (χ0v) is 14.1. The van der Waals surface area contributed by atoms with E-state index in [1.54, 1.807) is 36.4 Å². The second kappa shape index (κ2) is 8.15. The Bertz CT molecular complexity index is 723.